The van der Waals surface area contributed by atoms with Crippen molar-refractivity contribution in [1.29, 1.82) is 0 Å². The molecule has 2 aromatic carbocycles. The number of fused-ring (bicyclic) bond motifs is 2. The highest BCUT2D eigenvalue weighted by molar-refractivity contribution is 7.86. The average Bonchev–Trinajstić information content (AvgIpc) is 3.29. The first-order chi connectivity index (χ1) is 22.1. The number of carbonyl (C=O) groups is 1. The van der Waals surface area contributed by atoms with E-state index in [2.05, 4.69) is 0 Å². The molecule has 13 nitrogen and oxygen atoms in total. The molecule has 4 rings (SSSR count). The van der Waals surface area contributed by atoms with Crippen molar-refractivity contribution in [3.05, 3.63) is 71.5 Å². The minimum absolute atomic E-state index is 0.0293. The summed E-state index contributed by atoms with van der Waals surface area (Å²) in [6.07, 6.45) is 7.03. The van der Waals surface area contributed by atoms with Crippen molar-refractivity contribution >= 4 is 53.4 Å². The number of carboxylic acid groups (broad SMARTS) is 1. The van der Waals surface area contributed by atoms with E-state index >= 15 is 0 Å². The Morgan fingerprint density at radius 2 is 1.58 bits per heavy atom. The fourth-order valence-corrected chi connectivity index (χ4v) is 8.25. The standard InChI is InChI=1S/C32H40N2O11S3/c1-31(2)23-11-8-12-26(48(43,44)45)30(23)34(19-10-20-46(37,38)39)28(31)14-9-13-27-32(3,4)24-21-22(47(40,41)42)16-17-25(24)33(27)18-7-5-6-15-29(35)36/h8-9,11-14,16-17,21H,5-7,10,15,18-20H2,1-4H3,(H3-,35,36,37,38,39,40,41,42,43,44,45). The van der Waals surface area contributed by atoms with Crippen molar-refractivity contribution in [1.82, 2.24) is 0 Å². The molecular weight excluding hydrogens is 685 g/mol. The van der Waals surface area contributed by atoms with E-state index in [1.165, 1.54) is 24.3 Å². The molecule has 262 valence electrons. The molecule has 0 radical (unpaired) electrons. The van der Waals surface area contributed by atoms with Gasteiger partial charge < -0.3 is 14.6 Å². The number of carboxylic acids is 1. The maximum absolute atomic E-state index is 12.4. The van der Waals surface area contributed by atoms with Gasteiger partial charge in [0.1, 0.15) is 6.54 Å². The van der Waals surface area contributed by atoms with E-state index in [4.69, 9.17) is 5.11 Å². The van der Waals surface area contributed by atoms with Crippen molar-refractivity contribution in [2.45, 2.75) is 80.4 Å². The van der Waals surface area contributed by atoms with Crippen molar-refractivity contribution in [3.63, 3.8) is 0 Å². The zero-order chi connectivity index (χ0) is 35.9. The third-order valence-corrected chi connectivity index (χ3v) is 11.4. The van der Waals surface area contributed by atoms with Crippen LogP contribution in [-0.4, -0.2) is 79.1 Å². The second kappa shape index (κ2) is 13.5. The third-order valence-electron chi connectivity index (χ3n) is 8.87. The quantitative estimate of drug-likeness (QED) is 0.141. The van der Waals surface area contributed by atoms with E-state index in [1.807, 2.05) is 38.7 Å². The molecule has 3 N–H and O–H groups in total. The molecule has 0 amide bonds. The van der Waals surface area contributed by atoms with E-state index in [-0.39, 0.29) is 34.9 Å². The van der Waals surface area contributed by atoms with Gasteiger partial charge in [0.05, 0.1) is 20.4 Å². The van der Waals surface area contributed by atoms with Gasteiger partial charge in [0.15, 0.2) is 10.6 Å². The van der Waals surface area contributed by atoms with Crippen LogP contribution in [0.1, 0.15) is 70.9 Å². The predicted octanol–water partition coefficient (Wildman–Crippen LogP) is 4.37. The van der Waals surface area contributed by atoms with Gasteiger partial charge >= 0.3 is 16.1 Å². The summed E-state index contributed by atoms with van der Waals surface area (Å²) in [4.78, 5) is 12.4. The molecule has 2 aliphatic rings. The van der Waals surface area contributed by atoms with Gasteiger partial charge in [-0.1, -0.05) is 38.5 Å². The van der Waals surface area contributed by atoms with Crippen molar-refractivity contribution < 1.29 is 53.4 Å². The molecule has 2 aliphatic heterocycles. The molecular formula is C32H40N2O11S3. The van der Waals surface area contributed by atoms with Crippen LogP contribution in [0.15, 0.2) is 70.1 Å². The molecule has 16 heteroatoms. The Morgan fingerprint density at radius 3 is 2.19 bits per heavy atom. The maximum atomic E-state index is 12.4. The number of hydrogen-bond acceptors (Lipinski definition) is 9. The smallest absolute Gasteiger partial charge is 0.303 e. The maximum Gasteiger partial charge on any atom is 0.303 e. The molecule has 2 heterocycles. The molecule has 48 heavy (non-hydrogen) atoms. The van der Waals surface area contributed by atoms with Crippen LogP contribution in [0.2, 0.25) is 0 Å². The Kier molecular flexibility index (Phi) is 10.5. The number of aliphatic carboxylic acids is 1. The lowest BCUT2D eigenvalue weighted by molar-refractivity contribution is -0.440. The molecule has 0 aliphatic carbocycles. The Hall–Kier alpha value is -3.41. The van der Waals surface area contributed by atoms with Crippen LogP contribution in [0.3, 0.4) is 0 Å². The molecule has 2 aromatic rings. The molecule has 0 bridgehead atoms. The normalized spacial score (nSPS) is 18.1. The number of anilines is 1. The zero-order valence-electron chi connectivity index (χ0n) is 27.1. The number of allylic oxidation sites excluding steroid dienone is 4. The van der Waals surface area contributed by atoms with Gasteiger partial charge in [0.2, 0.25) is 5.69 Å². The van der Waals surface area contributed by atoms with Crippen molar-refractivity contribution in [2.75, 3.05) is 23.7 Å². The molecule has 0 atom stereocenters. The summed E-state index contributed by atoms with van der Waals surface area (Å²) in [6, 6.07) is 8.85. The van der Waals surface area contributed by atoms with Crippen molar-refractivity contribution in [2.24, 2.45) is 0 Å². The third kappa shape index (κ3) is 7.90. The molecule has 0 aromatic heterocycles. The van der Waals surface area contributed by atoms with Gasteiger partial charge in [-0.2, -0.15) is 21.4 Å². The van der Waals surface area contributed by atoms with E-state index < -0.39 is 52.9 Å². The van der Waals surface area contributed by atoms with Gasteiger partial charge in [-0.15, -0.1) is 0 Å². The van der Waals surface area contributed by atoms with Gasteiger partial charge in [-0.25, -0.2) is 8.42 Å². The van der Waals surface area contributed by atoms with Gasteiger partial charge in [0, 0.05) is 53.6 Å². The van der Waals surface area contributed by atoms with E-state index in [0.29, 0.717) is 42.6 Å². The summed E-state index contributed by atoms with van der Waals surface area (Å²) < 4.78 is 104. The lowest BCUT2D eigenvalue weighted by Gasteiger charge is -2.27. The average molecular weight is 725 g/mol. The zero-order valence-corrected chi connectivity index (χ0v) is 29.5. The second-order valence-electron chi connectivity index (χ2n) is 13.0. The molecule has 0 spiro atoms. The largest absolute Gasteiger partial charge is 0.748 e. The Bertz CT molecular complexity index is 2040. The van der Waals surface area contributed by atoms with Crippen LogP contribution in [0.4, 0.5) is 11.4 Å². The monoisotopic (exact) mass is 724 g/mol. The summed E-state index contributed by atoms with van der Waals surface area (Å²) >= 11 is 0. The van der Waals surface area contributed by atoms with Gasteiger partial charge in [0.25, 0.3) is 10.1 Å². The van der Waals surface area contributed by atoms with Gasteiger partial charge in [-0.05, 0) is 62.6 Å². The van der Waals surface area contributed by atoms with Crippen LogP contribution < -0.4 is 4.90 Å². The lowest BCUT2D eigenvalue weighted by atomic mass is 9.81. The fraction of sp³-hybridized carbons (Fsp3) is 0.438. The van der Waals surface area contributed by atoms with Crippen LogP contribution in [-0.2, 0) is 46.0 Å². The summed E-state index contributed by atoms with van der Waals surface area (Å²) in [5.41, 5.74) is 1.93. The number of benzene rings is 2. The van der Waals surface area contributed by atoms with E-state index in [0.717, 1.165) is 11.4 Å². The van der Waals surface area contributed by atoms with Gasteiger partial charge in [-0.3, -0.25) is 13.9 Å². The minimum Gasteiger partial charge on any atom is -0.748 e. The Labute approximate surface area is 281 Å². The number of rotatable bonds is 14. The molecule has 0 unspecified atom stereocenters. The van der Waals surface area contributed by atoms with Crippen LogP contribution in [0.25, 0.3) is 0 Å². The first-order valence-corrected chi connectivity index (χ1v) is 19.7. The molecule has 0 saturated carbocycles. The van der Waals surface area contributed by atoms with Crippen LogP contribution >= 0.6 is 0 Å². The summed E-state index contributed by atoms with van der Waals surface area (Å²) in [5.74, 6) is -1.55. The fourth-order valence-electron chi connectivity index (χ4n) is 6.55. The second-order valence-corrected chi connectivity index (χ2v) is 17.3. The topological polar surface area (TPSA) is 209 Å². The number of unbranched alkanes of at least 4 members (excludes halogenated alkanes) is 2. The number of para-hydroxylation sites is 1. The number of nitrogens with zero attached hydrogens (tertiary/aromatic N) is 2. The highest BCUT2D eigenvalue weighted by atomic mass is 32.2. The summed E-state index contributed by atoms with van der Waals surface area (Å²) in [5, 5.41) is 9.01. The van der Waals surface area contributed by atoms with Crippen molar-refractivity contribution in [3.8, 4) is 0 Å². The van der Waals surface area contributed by atoms with E-state index in [1.54, 1.807) is 28.9 Å². The Morgan fingerprint density at radius 1 is 0.896 bits per heavy atom. The lowest BCUT2D eigenvalue weighted by Crippen LogP contribution is -2.28. The van der Waals surface area contributed by atoms with Crippen LogP contribution in [0, 0.1) is 0 Å². The highest BCUT2D eigenvalue weighted by Crippen LogP contribution is 2.49. The SMILES string of the molecule is CC1(C)C(/C=C/C=C2/N(CCCCCC(=O)O)c3ccc(S(=O)(=O)O)cc3C2(C)C)=[N+](CCCS(=O)(=O)[O-])c2c1cccc2S(=O)(=O)O. The predicted molar refractivity (Wildman–Crippen MR) is 178 cm³/mol. The molecule has 0 fully saturated rings. The first-order valence-electron chi connectivity index (χ1n) is 15.3. The summed E-state index contributed by atoms with van der Waals surface area (Å²) in [7, 11) is -13.7. The van der Waals surface area contributed by atoms with E-state index in [9.17, 15) is 43.7 Å². The molecule has 0 saturated heterocycles. The minimum atomic E-state index is -4.68. The highest BCUT2D eigenvalue weighted by Gasteiger charge is 2.47. The Balaban J connectivity index is 1.82. The summed E-state index contributed by atoms with van der Waals surface area (Å²) in [6.45, 7) is 7.97. The number of hydrogen-bond donors (Lipinski definition) is 3. The van der Waals surface area contributed by atoms with Crippen LogP contribution in [0.5, 0.6) is 0 Å². The first kappa shape index (κ1) is 37.4.